The summed E-state index contributed by atoms with van der Waals surface area (Å²) in [5, 5.41) is 7.60. The Balaban J connectivity index is 1.45. The zero-order valence-electron chi connectivity index (χ0n) is 12.2. The largest absolute Gasteiger partial charge is 0.334 e. The molecule has 0 bridgehead atoms. The molecule has 2 saturated heterocycles. The third-order valence-corrected chi connectivity index (χ3v) is 4.56. The molecule has 2 fully saturated rings. The molecule has 2 atom stereocenters. The van der Waals surface area contributed by atoms with Crippen molar-refractivity contribution < 1.29 is 4.52 Å². The molecule has 0 spiro atoms. The molecule has 3 heterocycles. The number of nitrogens with one attached hydrogen (secondary N) is 1. The normalized spacial score (nSPS) is 25.4. The first-order valence-corrected chi connectivity index (χ1v) is 7.60. The van der Waals surface area contributed by atoms with Gasteiger partial charge in [0, 0.05) is 18.7 Å². The fourth-order valence-electron chi connectivity index (χ4n) is 3.50. The van der Waals surface area contributed by atoms with Crippen molar-refractivity contribution in [2.75, 3.05) is 26.2 Å². The maximum atomic E-state index is 5.41. The molecule has 0 saturated carbocycles. The van der Waals surface area contributed by atoms with Crippen LogP contribution in [0, 0.1) is 18.8 Å². The van der Waals surface area contributed by atoms with E-state index < -0.39 is 0 Å². The number of hydrogen-bond acceptors (Lipinski definition) is 5. The summed E-state index contributed by atoms with van der Waals surface area (Å²) in [7, 11) is 0. The molecule has 4 rings (SSSR count). The maximum absolute atomic E-state index is 5.41. The standard InChI is InChI=1S/C16H20N4O/c1-11-3-2-4-12(5-11)16-18-15(19-21-16)10-20-8-13-6-17-7-14(13)9-20/h2-5,13-14,17H,6-10H2,1H3/t13-,14+. The number of hydrogen-bond donors (Lipinski definition) is 1. The summed E-state index contributed by atoms with van der Waals surface area (Å²) in [6, 6.07) is 8.17. The second kappa shape index (κ2) is 5.24. The Kier molecular flexibility index (Phi) is 3.24. The van der Waals surface area contributed by atoms with Gasteiger partial charge in [-0.25, -0.2) is 0 Å². The van der Waals surface area contributed by atoms with E-state index >= 15 is 0 Å². The van der Waals surface area contributed by atoms with Crippen LogP contribution >= 0.6 is 0 Å². The van der Waals surface area contributed by atoms with E-state index in [0.29, 0.717) is 5.89 Å². The highest BCUT2D eigenvalue weighted by atomic mass is 16.5. The number of benzene rings is 1. The molecule has 0 aliphatic carbocycles. The Labute approximate surface area is 124 Å². The van der Waals surface area contributed by atoms with Crippen LogP contribution in [0.1, 0.15) is 11.4 Å². The van der Waals surface area contributed by atoms with Crippen LogP contribution in [0.3, 0.4) is 0 Å². The van der Waals surface area contributed by atoms with E-state index in [4.69, 9.17) is 4.52 Å². The van der Waals surface area contributed by atoms with Crippen molar-refractivity contribution in [3.05, 3.63) is 35.7 Å². The molecule has 21 heavy (non-hydrogen) atoms. The summed E-state index contributed by atoms with van der Waals surface area (Å²) in [6.07, 6.45) is 0. The van der Waals surface area contributed by atoms with Gasteiger partial charge >= 0.3 is 0 Å². The third-order valence-electron chi connectivity index (χ3n) is 4.56. The average Bonchev–Trinajstić information content (AvgIpc) is 3.14. The number of fused-ring (bicyclic) bond motifs is 1. The molecular weight excluding hydrogens is 264 g/mol. The van der Waals surface area contributed by atoms with E-state index in [1.807, 2.05) is 12.1 Å². The number of likely N-dealkylation sites (tertiary alicyclic amines) is 1. The predicted molar refractivity (Wildman–Crippen MR) is 79.6 cm³/mol. The number of aromatic nitrogens is 2. The number of rotatable bonds is 3. The van der Waals surface area contributed by atoms with Gasteiger partial charge in [-0.15, -0.1) is 0 Å². The summed E-state index contributed by atoms with van der Waals surface area (Å²) in [4.78, 5) is 6.99. The van der Waals surface area contributed by atoms with Crippen LogP contribution in [0.5, 0.6) is 0 Å². The van der Waals surface area contributed by atoms with Crippen molar-refractivity contribution >= 4 is 0 Å². The summed E-state index contributed by atoms with van der Waals surface area (Å²) in [5.41, 5.74) is 2.20. The average molecular weight is 284 g/mol. The van der Waals surface area contributed by atoms with E-state index in [2.05, 4.69) is 39.4 Å². The quantitative estimate of drug-likeness (QED) is 0.929. The van der Waals surface area contributed by atoms with Crippen LogP contribution in [-0.2, 0) is 6.54 Å². The van der Waals surface area contributed by atoms with Crippen molar-refractivity contribution in [2.45, 2.75) is 13.5 Å². The van der Waals surface area contributed by atoms with E-state index in [9.17, 15) is 0 Å². The highest BCUT2D eigenvalue weighted by Gasteiger charge is 2.36. The van der Waals surface area contributed by atoms with Gasteiger partial charge < -0.3 is 9.84 Å². The van der Waals surface area contributed by atoms with Gasteiger partial charge in [0.15, 0.2) is 5.82 Å². The number of nitrogens with zero attached hydrogens (tertiary/aromatic N) is 3. The lowest BCUT2D eigenvalue weighted by Crippen LogP contribution is -2.25. The monoisotopic (exact) mass is 284 g/mol. The smallest absolute Gasteiger partial charge is 0.257 e. The lowest BCUT2D eigenvalue weighted by atomic mass is 10.0. The van der Waals surface area contributed by atoms with Crippen molar-refractivity contribution in [1.82, 2.24) is 20.4 Å². The van der Waals surface area contributed by atoms with Crippen LogP contribution in [0.15, 0.2) is 28.8 Å². The molecule has 110 valence electrons. The van der Waals surface area contributed by atoms with E-state index in [1.54, 1.807) is 0 Å². The van der Waals surface area contributed by atoms with Crippen molar-refractivity contribution in [3.8, 4) is 11.5 Å². The van der Waals surface area contributed by atoms with Crippen molar-refractivity contribution in [2.24, 2.45) is 11.8 Å². The molecule has 2 aliphatic heterocycles. The van der Waals surface area contributed by atoms with Gasteiger partial charge in [-0.05, 0) is 44.0 Å². The molecule has 0 amide bonds. The predicted octanol–water partition coefficient (Wildman–Crippen LogP) is 1.70. The van der Waals surface area contributed by atoms with Gasteiger partial charge in [-0.2, -0.15) is 4.98 Å². The zero-order valence-corrected chi connectivity index (χ0v) is 12.2. The second-order valence-electron chi connectivity index (χ2n) is 6.26. The van der Waals surface area contributed by atoms with Crippen molar-refractivity contribution in [3.63, 3.8) is 0 Å². The highest BCUT2D eigenvalue weighted by Crippen LogP contribution is 2.27. The van der Waals surface area contributed by atoms with E-state index in [0.717, 1.165) is 55.9 Å². The molecule has 2 aliphatic rings. The van der Waals surface area contributed by atoms with Crippen LogP contribution in [-0.4, -0.2) is 41.2 Å². The zero-order chi connectivity index (χ0) is 14.2. The fraction of sp³-hybridized carbons (Fsp3) is 0.500. The SMILES string of the molecule is Cc1cccc(-c2nc(CN3C[C@H]4CNC[C@H]4C3)no2)c1. The molecular formula is C16H20N4O. The Morgan fingerprint density at radius 3 is 2.86 bits per heavy atom. The van der Waals surface area contributed by atoms with E-state index in [1.165, 1.54) is 5.56 Å². The molecule has 1 aromatic heterocycles. The summed E-state index contributed by atoms with van der Waals surface area (Å²) in [5.74, 6) is 3.01. The molecule has 5 nitrogen and oxygen atoms in total. The minimum atomic E-state index is 0.620. The Morgan fingerprint density at radius 2 is 2.10 bits per heavy atom. The van der Waals surface area contributed by atoms with E-state index in [-0.39, 0.29) is 0 Å². The Morgan fingerprint density at radius 1 is 1.29 bits per heavy atom. The van der Waals surface area contributed by atoms with Gasteiger partial charge in [0.05, 0.1) is 6.54 Å². The molecule has 0 unspecified atom stereocenters. The Bertz CT molecular complexity index is 627. The second-order valence-corrected chi connectivity index (χ2v) is 6.26. The van der Waals surface area contributed by atoms with Crippen LogP contribution in [0.2, 0.25) is 0 Å². The topological polar surface area (TPSA) is 54.2 Å². The lowest BCUT2D eigenvalue weighted by molar-refractivity contribution is 0.291. The summed E-state index contributed by atoms with van der Waals surface area (Å²) >= 11 is 0. The Hall–Kier alpha value is -1.72. The fourth-order valence-corrected chi connectivity index (χ4v) is 3.50. The molecule has 0 radical (unpaired) electrons. The minimum Gasteiger partial charge on any atom is -0.334 e. The molecule has 5 heteroatoms. The van der Waals surface area contributed by atoms with Crippen LogP contribution in [0.4, 0.5) is 0 Å². The summed E-state index contributed by atoms with van der Waals surface area (Å²) < 4.78 is 5.41. The van der Waals surface area contributed by atoms with Crippen molar-refractivity contribution in [1.29, 1.82) is 0 Å². The maximum Gasteiger partial charge on any atom is 0.257 e. The van der Waals surface area contributed by atoms with Gasteiger partial charge in [-0.3, -0.25) is 4.90 Å². The van der Waals surface area contributed by atoms with Crippen LogP contribution < -0.4 is 5.32 Å². The number of aryl methyl sites for hydroxylation is 1. The highest BCUT2D eigenvalue weighted by molar-refractivity contribution is 5.53. The van der Waals surface area contributed by atoms with Gasteiger partial charge in [-0.1, -0.05) is 22.9 Å². The van der Waals surface area contributed by atoms with Gasteiger partial charge in [0.1, 0.15) is 0 Å². The minimum absolute atomic E-state index is 0.620. The van der Waals surface area contributed by atoms with Gasteiger partial charge in [0.2, 0.25) is 0 Å². The summed E-state index contributed by atoms with van der Waals surface area (Å²) in [6.45, 7) is 7.46. The first-order valence-electron chi connectivity index (χ1n) is 7.60. The molecule has 1 aromatic carbocycles. The third kappa shape index (κ3) is 2.59. The molecule has 1 N–H and O–H groups in total. The van der Waals surface area contributed by atoms with Crippen LogP contribution in [0.25, 0.3) is 11.5 Å². The first-order chi connectivity index (χ1) is 10.3. The van der Waals surface area contributed by atoms with Gasteiger partial charge in [0.25, 0.3) is 5.89 Å². The first kappa shape index (κ1) is 13.0. The molecule has 2 aromatic rings. The lowest BCUT2D eigenvalue weighted by Gasteiger charge is -2.13.